The maximum absolute atomic E-state index is 5.00. The van der Waals surface area contributed by atoms with Gasteiger partial charge in [-0.15, -0.1) is 0 Å². The first-order chi connectivity index (χ1) is 12.8. The van der Waals surface area contributed by atoms with Crippen LogP contribution in [0.3, 0.4) is 0 Å². The van der Waals surface area contributed by atoms with Gasteiger partial charge >= 0.3 is 29.2 Å². The van der Waals surface area contributed by atoms with Gasteiger partial charge in [0.15, 0.2) is 0 Å². The van der Waals surface area contributed by atoms with Crippen LogP contribution in [0.25, 0.3) is 0 Å². The molecule has 2 nitrogen and oxygen atoms in total. The second kappa shape index (κ2) is 11.3. The predicted molar refractivity (Wildman–Crippen MR) is 114 cm³/mol. The van der Waals surface area contributed by atoms with E-state index in [4.69, 9.17) is 4.99 Å². The van der Waals surface area contributed by atoms with Crippen molar-refractivity contribution in [1.82, 2.24) is 4.90 Å². The summed E-state index contributed by atoms with van der Waals surface area (Å²) in [5.41, 5.74) is 2.12. The molecule has 0 heterocycles. The van der Waals surface area contributed by atoms with Gasteiger partial charge in [-0.25, -0.2) is 0 Å². The summed E-state index contributed by atoms with van der Waals surface area (Å²) in [5, 5.41) is 2.69. The van der Waals surface area contributed by atoms with Crippen molar-refractivity contribution < 1.29 is 20.0 Å². The van der Waals surface area contributed by atoms with Crippen molar-refractivity contribution in [3.63, 3.8) is 0 Å². The maximum atomic E-state index is 5.00. The standard InChI is InChI=1S/C21H21N2P.Au.ClH/c1-23(2)21(22-18-12-6-3-7-13-18)24(19-14-8-4-9-15-19)20-16-10-5-11-17-20;;/h3-17H,1-2H3;;1H/q;+1;. The summed E-state index contributed by atoms with van der Waals surface area (Å²) in [6.45, 7) is 0. The number of aliphatic imine (C=N–C) groups is 1. The topological polar surface area (TPSA) is 15.6 Å². The van der Waals surface area contributed by atoms with Gasteiger partial charge in [0, 0.05) is 14.1 Å². The summed E-state index contributed by atoms with van der Waals surface area (Å²) in [6, 6.07) is 31.6. The second-order valence-electron chi connectivity index (χ2n) is 5.77. The number of para-hydroxylation sites is 1. The molecule has 0 aliphatic carbocycles. The quantitative estimate of drug-likeness (QED) is 0.192. The molecule has 0 fully saturated rings. The molecule has 3 aromatic carbocycles. The average molecular weight is 566 g/mol. The van der Waals surface area contributed by atoms with E-state index in [9.17, 15) is 0 Å². The first-order valence-electron chi connectivity index (χ1n) is 8.16. The molecular weight excluding hydrogens is 544 g/mol. The van der Waals surface area contributed by atoms with E-state index < -0.39 is 7.92 Å². The number of halogens is 1. The van der Waals surface area contributed by atoms with Crippen LogP contribution >= 0.6 is 17.1 Å². The van der Waals surface area contributed by atoms with Gasteiger partial charge in [0.2, 0.25) is 0 Å². The summed E-state index contributed by atoms with van der Waals surface area (Å²) in [6.07, 6.45) is 0. The Morgan fingerprint density at radius 2 is 1.12 bits per heavy atom. The molecule has 26 heavy (non-hydrogen) atoms. The molecule has 0 radical (unpaired) electrons. The van der Waals surface area contributed by atoms with E-state index >= 15 is 0 Å². The minimum atomic E-state index is -1.16. The molecule has 0 atom stereocenters. The van der Waals surface area contributed by atoms with Gasteiger partial charge in [0.25, 0.3) is 5.58 Å². The first kappa shape index (κ1) is 20.9. The van der Waals surface area contributed by atoms with Crippen LogP contribution in [-0.2, 0) is 20.0 Å². The van der Waals surface area contributed by atoms with Gasteiger partial charge in [-0.3, -0.25) is 0 Å². The van der Waals surface area contributed by atoms with Crippen molar-refractivity contribution in [1.29, 1.82) is 0 Å². The first-order valence-corrected chi connectivity index (χ1v) is 12.3. The van der Waals surface area contributed by atoms with Crippen molar-refractivity contribution in [2.24, 2.45) is 4.99 Å². The molecule has 0 unspecified atom stereocenters. The van der Waals surface area contributed by atoms with Crippen LogP contribution in [0.2, 0.25) is 0 Å². The molecule has 0 amide bonds. The van der Waals surface area contributed by atoms with E-state index in [1.165, 1.54) is 10.6 Å². The molecule has 5 heteroatoms. The Morgan fingerprint density at radius 1 is 0.731 bits per heavy atom. The number of hydrogen-bond acceptors (Lipinski definition) is 1. The number of amidine groups is 1. The Balaban J connectivity index is 0.00000117. The van der Waals surface area contributed by atoms with Crippen molar-refractivity contribution in [2.45, 2.75) is 0 Å². The molecule has 0 saturated heterocycles. The molecule has 0 bridgehead atoms. The molecule has 0 aromatic heterocycles. The molecule has 0 saturated carbocycles. The molecule has 0 spiro atoms. The Bertz CT molecular complexity index is 757. The van der Waals surface area contributed by atoms with Gasteiger partial charge in [0.05, 0.1) is 5.69 Å². The Kier molecular flexibility index (Phi) is 9.11. The Hall–Kier alpha value is -1.41. The van der Waals surface area contributed by atoms with Crippen molar-refractivity contribution in [3.8, 4) is 0 Å². The van der Waals surface area contributed by atoms with E-state index in [0.29, 0.717) is 0 Å². The van der Waals surface area contributed by atoms with Gasteiger partial charge in [-0.2, -0.15) is 4.99 Å². The predicted octanol–water partition coefficient (Wildman–Crippen LogP) is 4.79. The van der Waals surface area contributed by atoms with Crippen molar-refractivity contribution in [2.75, 3.05) is 14.1 Å². The Morgan fingerprint density at radius 3 is 1.50 bits per heavy atom. The van der Waals surface area contributed by atoms with Crippen molar-refractivity contribution >= 4 is 39.0 Å². The minimum absolute atomic E-state index is 0.996. The number of benzene rings is 3. The van der Waals surface area contributed by atoms with E-state index in [0.717, 1.165) is 11.3 Å². The van der Waals surface area contributed by atoms with Crippen LogP contribution in [-0.4, -0.2) is 24.6 Å². The fourth-order valence-corrected chi connectivity index (χ4v) is 5.23. The summed E-state index contributed by atoms with van der Waals surface area (Å²) < 4.78 is 0. The molecule has 3 aromatic rings. The van der Waals surface area contributed by atoms with Crippen LogP contribution < -0.4 is 10.6 Å². The monoisotopic (exact) mass is 565 g/mol. The van der Waals surface area contributed by atoms with Gasteiger partial charge in [0.1, 0.15) is 18.5 Å². The second-order valence-corrected chi connectivity index (χ2v) is 8.12. The average Bonchev–Trinajstić information content (AvgIpc) is 2.71. The third-order valence-corrected chi connectivity index (χ3v) is 6.59. The zero-order valence-electron chi connectivity index (χ0n) is 14.7. The SMILES string of the molecule is CN(C)C(=Nc1ccccc1)[PH+](c1ccccc1)c1ccccc1.[Cl][Au]. The van der Waals surface area contributed by atoms with Crippen LogP contribution in [0.15, 0.2) is 96.0 Å². The number of hydrogen-bond donors (Lipinski definition) is 0. The Labute approximate surface area is 173 Å². The zero-order valence-corrected chi connectivity index (χ0v) is 18.7. The van der Waals surface area contributed by atoms with Crippen LogP contribution in [0.1, 0.15) is 0 Å². The molecule has 3 rings (SSSR count). The van der Waals surface area contributed by atoms with E-state index in [-0.39, 0.29) is 0 Å². The molecule has 138 valence electrons. The van der Waals surface area contributed by atoms with Crippen molar-refractivity contribution in [3.05, 3.63) is 91.0 Å². The normalized spacial score (nSPS) is 10.9. The molecular formula is C21H22AuClN2P+. The fraction of sp³-hybridized carbons (Fsp3) is 0.0952. The third-order valence-electron chi connectivity index (χ3n) is 3.76. The molecule has 0 N–H and O–H groups in total. The van der Waals surface area contributed by atoms with Crippen LogP contribution in [0, 0.1) is 0 Å². The fourth-order valence-electron chi connectivity index (χ4n) is 2.64. The van der Waals surface area contributed by atoms with Gasteiger partial charge < -0.3 is 4.90 Å². The third kappa shape index (κ3) is 5.81. The molecule has 0 aliphatic rings. The van der Waals surface area contributed by atoms with Crippen LogP contribution in [0.4, 0.5) is 5.69 Å². The summed E-state index contributed by atoms with van der Waals surface area (Å²) >= 11 is 1.75. The summed E-state index contributed by atoms with van der Waals surface area (Å²) in [4.78, 5) is 7.15. The zero-order chi connectivity index (χ0) is 18.8. The summed E-state index contributed by atoms with van der Waals surface area (Å²) in [5.74, 6) is 0. The van der Waals surface area contributed by atoms with E-state index in [1.807, 2.05) is 18.2 Å². The van der Waals surface area contributed by atoms with E-state index in [2.05, 4.69) is 101 Å². The van der Waals surface area contributed by atoms with E-state index in [1.54, 1.807) is 20.0 Å². The van der Waals surface area contributed by atoms with Gasteiger partial charge in [-0.1, -0.05) is 54.6 Å². The number of rotatable bonds is 4. The summed E-state index contributed by atoms with van der Waals surface area (Å²) in [7, 11) is 7.59. The van der Waals surface area contributed by atoms with Crippen LogP contribution in [0.5, 0.6) is 0 Å². The van der Waals surface area contributed by atoms with Gasteiger partial charge in [-0.05, 0) is 36.4 Å². The molecule has 0 aliphatic heterocycles. The number of nitrogens with zero attached hydrogens (tertiary/aromatic N) is 2.